The summed E-state index contributed by atoms with van der Waals surface area (Å²) >= 11 is 0. The second kappa shape index (κ2) is 8.16. The molecule has 148 valence electrons. The smallest absolute Gasteiger partial charge is 0.293 e. The second-order valence-electron chi connectivity index (χ2n) is 6.67. The van der Waals surface area contributed by atoms with Crippen LogP contribution in [0, 0.1) is 10.1 Å². The lowest BCUT2D eigenvalue weighted by Crippen LogP contribution is -2.46. The Morgan fingerprint density at radius 1 is 1.36 bits per heavy atom. The van der Waals surface area contributed by atoms with Gasteiger partial charge in [0.25, 0.3) is 11.6 Å². The van der Waals surface area contributed by atoms with Crippen LogP contribution in [0.15, 0.2) is 42.5 Å². The molecule has 2 aromatic rings. The summed E-state index contributed by atoms with van der Waals surface area (Å²) in [6, 6.07) is 12.3. The van der Waals surface area contributed by atoms with Gasteiger partial charge in [0.2, 0.25) is 0 Å². The minimum atomic E-state index is -0.497. The average molecular weight is 384 g/mol. The third kappa shape index (κ3) is 3.85. The quantitative estimate of drug-likeness (QED) is 0.608. The van der Waals surface area contributed by atoms with E-state index in [1.165, 1.54) is 6.07 Å². The van der Waals surface area contributed by atoms with Crippen LogP contribution in [0.3, 0.4) is 0 Å². The highest BCUT2D eigenvalue weighted by Crippen LogP contribution is 2.33. The van der Waals surface area contributed by atoms with Crippen LogP contribution >= 0.6 is 0 Å². The van der Waals surface area contributed by atoms with Gasteiger partial charge >= 0.3 is 0 Å². The minimum Gasteiger partial charge on any atom is -0.485 e. The Morgan fingerprint density at radius 2 is 2.11 bits per heavy atom. The maximum Gasteiger partial charge on any atom is 0.293 e. The summed E-state index contributed by atoms with van der Waals surface area (Å²) in [6.45, 7) is 3.97. The number of benzene rings is 2. The van der Waals surface area contributed by atoms with E-state index in [0.717, 1.165) is 18.0 Å². The number of fused-ring (bicyclic) bond motifs is 1. The summed E-state index contributed by atoms with van der Waals surface area (Å²) in [7, 11) is 3.29. The van der Waals surface area contributed by atoms with Gasteiger partial charge in [0, 0.05) is 32.3 Å². The highest BCUT2D eigenvalue weighted by atomic mass is 16.6. The molecule has 0 aliphatic carbocycles. The molecule has 1 heterocycles. The van der Waals surface area contributed by atoms with Gasteiger partial charge in [-0.2, -0.15) is 0 Å². The van der Waals surface area contributed by atoms with Gasteiger partial charge in [0.05, 0.1) is 23.7 Å². The van der Waals surface area contributed by atoms with Crippen molar-refractivity contribution in [3.05, 3.63) is 58.1 Å². The van der Waals surface area contributed by atoms with Crippen LogP contribution in [-0.2, 0) is 0 Å². The minimum absolute atomic E-state index is 0.123. The Kier molecular flexibility index (Phi) is 5.67. The Bertz CT molecular complexity index is 886. The van der Waals surface area contributed by atoms with Crippen molar-refractivity contribution in [2.45, 2.75) is 13.0 Å². The Morgan fingerprint density at radius 3 is 2.79 bits per heavy atom. The maximum atomic E-state index is 12.8. The van der Waals surface area contributed by atoms with E-state index < -0.39 is 4.92 Å². The predicted octanol–water partition coefficient (Wildman–Crippen LogP) is 3.00. The number of carbonyl (C=O) groups is 1. The molecule has 1 aliphatic heterocycles. The van der Waals surface area contributed by atoms with E-state index in [1.54, 1.807) is 31.1 Å². The van der Waals surface area contributed by atoms with E-state index in [-0.39, 0.29) is 23.3 Å². The number of amides is 1. The van der Waals surface area contributed by atoms with Crippen LogP contribution < -0.4 is 15.0 Å². The van der Waals surface area contributed by atoms with E-state index in [0.29, 0.717) is 18.8 Å². The van der Waals surface area contributed by atoms with Gasteiger partial charge in [-0.1, -0.05) is 12.1 Å². The molecule has 0 fully saturated rings. The van der Waals surface area contributed by atoms with Gasteiger partial charge in [0.1, 0.15) is 17.5 Å². The average Bonchev–Trinajstić information content (AvgIpc) is 2.71. The lowest BCUT2D eigenvalue weighted by Gasteiger charge is -2.37. The first-order valence-corrected chi connectivity index (χ1v) is 9.16. The maximum absolute atomic E-state index is 12.8. The van der Waals surface area contributed by atoms with Gasteiger partial charge in [0.15, 0.2) is 0 Å². The van der Waals surface area contributed by atoms with Crippen molar-refractivity contribution < 1.29 is 14.5 Å². The SMILES string of the molecule is CCN1CC(CN(C)C(=O)c2ccc(NC)c([N+](=O)[O-])c2)Oc2ccccc21. The zero-order valence-electron chi connectivity index (χ0n) is 16.2. The molecule has 0 radical (unpaired) electrons. The normalized spacial score (nSPS) is 15.4. The first kappa shape index (κ1) is 19.5. The van der Waals surface area contributed by atoms with Crippen molar-refractivity contribution >= 4 is 23.0 Å². The highest BCUT2D eigenvalue weighted by molar-refractivity contribution is 5.95. The number of nitrogens with one attached hydrogen (secondary N) is 1. The molecule has 2 aromatic carbocycles. The Hall–Kier alpha value is -3.29. The molecule has 1 amide bonds. The van der Waals surface area contributed by atoms with Crippen molar-refractivity contribution in [3.63, 3.8) is 0 Å². The second-order valence-corrected chi connectivity index (χ2v) is 6.67. The van der Waals surface area contributed by atoms with E-state index in [4.69, 9.17) is 4.74 Å². The fourth-order valence-electron chi connectivity index (χ4n) is 3.41. The van der Waals surface area contributed by atoms with Crippen molar-refractivity contribution in [1.82, 2.24) is 4.90 Å². The third-order valence-electron chi connectivity index (χ3n) is 4.84. The number of carbonyl (C=O) groups excluding carboxylic acids is 1. The summed E-state index contributed by atoms with van der Waals surface area (Å²) in [5.41, 5.74) is 1.57. The van der Waals surface area contributed by atoms with E-state index in [9.17, 15) is 14.9 Å². The summed E-state index contributed by atoms with van der Waals surface area (Å²) in [4.78, 5) is 27.3. The summed E-state index contributed by atoms with van der Waals surface area (Å²) in [6.07, 6.45) is -0.185. The number of hydrogen-bond acceptors (Lipinski definition) is 6. The first-order chi connectivity index (χ1) is 13.4. The van der Waals surface area contributed by atoms with Crippen molar-refractivity contribution in [2.75, 3.05) is 43.9 Å². The molecule has 0 saturated carbocycles. The van der Waals surface area contributed by atoms with Gasteiger partial charge in [-0.05, 0) is 31.2 Å². The number of rotatable bonds is 6. The van der Waals surface area contributed by atoms with Crippen LogP contribution in [0.25, 0.3) is 0 Å². The summed E-state index contributed by atoms with van der Waals surface area (Å²) in [5.74, 6) is 0.520. The van der Waals surface area contributed by atoms with Crippen LogP contribution in [-0.4, -0.2) is 55.6 Å². The topological polar surface area (TPSA) is 88.0 Å². The van der Waals surface area contributed by atoms with Crippen LogP contribution in [0.4, 0.5) is 17.1 Å². The van der Waals surface area contributed by atoms with E-state index in [1.807, 2.05) is 24.3 Å². The molecule has 8 nitrogen and oxygen atoms in total. The fourth-order valence-corrected chi connectivity index (χ4v) is 3.41. The van der Waals surface area contributed by atoms with E-state index in [2.05, 4.69) is 17.1 Å². The highest BCUT2D eigenvalue weighted by Gasteiger charge is 2.27. The molecule has 28 heavy (non-hydrogen) atoms. The van der Waals surface area contributed by atoms with Crippen molar-refractivity contribution in [2.24, 2.45) is 0 Å². The molecule has 1 unspecified atom stereocenters. The first-order valence-electron chi connectivity index (χ1n) is 9.16. The van der Waals surface area contributed by atoms with Gasteiger partial charge in [-0.25, -0.2) is 0 Å². The van der Waals surface area contributed by atoms with Crippen LogP contribution in [0.1, 0.15) is 17.3 Å². The van der Waals surface area contributed by atoms with Crippen LogP contribution in [0.5, 0.6) is 5.75 Å². The van der Waals surface area contributed by atoms with Crippen molar-refractivity contribution in [3.8, 4) is 5.75 Å². The monoisotopic (exact) mass is 384 g/mol. The van der Waals surface area contributed by atoms with Crippen LogP contribution in [0.2, 0.25) is 0 Å². The van der Waals surface area contributed by atoms with Gasteiger partial charge < -0.3 is 19.9 Å². The number of hydrogen-bond donors (Lipinski definition) is 1. The molecule has 3 rings (SSSR count). The lowest BCUT2D eigenvalue weighted by atomic mass is 10.1. The number of nitro groups is 1. The Balaban J connectivity index is 1.75. The number of likely N-dealkylation sites (N-methyl/N-ethyl adjacent to an activating group) is 2. The largest absolute Gasteiger partial charge is 0.485 e. The summed E-state index contributed by atoms with van der Waals surface area (Å²) in [5, 5.41) is 14.0. The predicted molar refractivity (Wildman–Crippen MR) is 108 cm³/mol. The zero-order valence-corrected chi connectivity index (χ0v) is 16.2. The molecule has 1 N–H and O–H groups in total. The number of para-hydroxylation sites is 2. The standard InChI is InChI=1S/C20H24N4O4/c1-4-23-13-15(28-19-8-6-5-7-17(19)23)12-22(3)20(25)14-9-10-16(21-2)18(11-14)24(26)27/h5-11,15,21H,4,12-13H2,1-3H3. The molecular formula is C20H24N4O4. The molecule has 1 atom stereocenters. The molecule has 1 aliphatic rings. The van der Waals surface area contributed by atoms with Gasteiger partial charge in [-0.3, -0.25) is 14.9 Å². The zero-order chi connectivity index (χ0) is 20.3. The molecule has 0 bridgehead atoms. The molecule has 0 saturated heterocycles. The van der Waals surface area contributed by atoms with E-state index >= 15 is 0 Å². The number of ether oxygens (including phenoxy) is 1. The molecule has 0 aromatic heterocycles. The van der Waals surface area contributed by atoms with Gasteiger partial charge in [-0.15, -0.1) is 0 Å². The lowest BCUT2D eigenvalue weighted by molar-refractivity contribution is -0.384. The number of anilines is 2. The molecule has 0 spiro atoms. The number of nitro benzene ring substituents is 1. The fraction of sp³-hybridized carbons (Fsp3) is 0.350. The third-order valence-corrected chi connectivity index (χ3v) is 4.84. The van der Waals surface area contributed by atoms with Crippen molar-refractivity contribution in [1.29, 1.82) is 0 Å². The molecular weight excluding hydrogens is 360 g/mol. The Labute approximate surface area is 163 Å². The summed E-state index contributed by atoms with van der Waals surface area (Å²) < 4.78 is 6.07. The molecule has 8 heteroatoms. The number of nitrogens with zero attached hydrogens (tertiary/aromatic N) is 3.